The Balaban J connectivity index is 2.03. The van der Waals surface area contributed by atoms with Crippen LogP contribution in [0.4, 0.5) is 11.4 Å². The Morgan fingerprint density at radius 2 is 1.92 bits per heavy atom. The molecule has 0 radical (unpaired) electrons. The number of hydrogen-bond acceptors (Lipinski definition) is 5. The van der Waals surface area contributed by atoms with Crippen molar-refractivity contribution in [1.82, 2.24) is 14.8 Å². The van der Waals surface area contributed by atoms with Crippen LogP contribution < -0.4 is 16.2 Å². The van der Waals surface area contributed by atoms with Gasteiger partial charge in [-0.05, 0) is 30.7 Å². The maximum Gasteiger partial charge on any atom is 0.130 e. The molecule has 0 aliphatic carbocycles. The number of nitrogens with two attached hydrogens (primary N) is 2. The van der Waals surface area contributed by atoms with Crippen molar-refractivity contribution in [2.24, 2.45) is 0 Å². The summed E-state index contributed by atoms with van der Waals surface area (Å²) in [5.41, 5.74) is 16.6. The van der Waals surface area contributed by atoms with Gasteiger partial charge in [-0.2, -0.15) is 5.10 Å². The molecule has 3 aromatic rings. The van der Waals surface area contributed by atoms with Crippen molar-refractivity contribution in [2.45, 2.75) is 13.5 Å². The van der Waals surface area contributed by atoms with E-state index in [1.54, 1.807) is 24.1 Å². The lowest BCUT2D eigenvalue weighted by molar-refractivity contribution is 0.414. The zero-order chi connectivity index (χ0) is 17.3. The topological polar surface area (TPSA) is 92.0 Å². The Kier molecular flexibility index (Phi) is 4.31. The number of halogens is 1. The molecule has 24 heavy (non-hydrogen) atoms. The van der Waals surface area contributed by atoms with Crippen LogP contribution in [-0.2, 0) is 6.54 Å². The molecule has 3 rings (SSSR count). The fraction of sp³-hybridized carbons (Fsp3) is 0.176. The molecule has 7 heteroatoms. The van der Waals surface area contributed by atoms with E-state index in [1.807, 2.05) is 31.2 Å². The number of aryl methyl sites for hydroxylation is 1. The van der Waals surface area contributed by atoms with Gasteiger partial charge in [-0.3, -0.25) is 4.68 Å². The molecule has 6 nitrogen and oxygen atoms in total. The van der Waals surface area contributed by atoms with Gasteiger partial charge in [0.2, 0.25) is 0 Å². The molecule has 0 fully saturated rings. The average Bonchev–Trinajstić information content (AvgIpc) is 2.92. The number of anilines is 2. The second-order valence-electron chi connectivity index (χ2n) is 5.45. The van der Waals surface area contributed by atoms with Gasteiger partial charge < -0.3 is 16.2 Å². The van der Waals surface area contributed by atoms with Gasteiger partial charge in [0.15, 0.2) is 0 Å². The van der Waals surface area contributed by atoms with Gasteiger partial charge >= 0.3 is 0 Å². The van der Waals surface area contributed by atoms with E-state index in [1.165, 1.54) is 0 Å². The Labute approximate surface area is 145 Å². The Bertz CT molecular complexity index is 873. The minimum Gasteiger partial charge on any atom is -0.497 e. The van der Waals surface area contributed by atoms with Crippen LogP contribution in [-0.4, -0.2) is 21.9 Å². The minimum atomic E-state index is 0.369. The predicted octanol–water partition coefficient (Wildman–Crippen LogP) is 3.13. The normalized spacial score (nSPS) is 10.8. The smallest absolute Gasteiger partial charge is 0.130 e. The molecule has 0 saturated heterocycles. The molecule has 0 amide bonds. The van der Waals surface area contributed by atoms with Crippen molar-refractivity contribution < 1.29 is 4.74 Å². The van der Waals surface area contributed by atoms with E-state index in [0.29, 0.717) is 28.8 Å². The predicted molar refractivity (Wildman–Crippen MR) is 96.1 cm³/mol. The van der Waals surface area contributed by atoms with Gasteiger partial charge in [-0.1, -0.05) is 23.7 Å². The SMILES string of the molecule is COc1ccc(Cn2ncc(N)c2-c2cc(Cl)nc(C)c2N)cc1. The van der Waals surface area contributed by atoms with Crippen LogP contribution in [0.3, 0.4) is 0 Å². The monoisotopic (exact) mass is 343 g/mol. The number of benzene rings is 1. The second kappa shape index (κ2) is 6.41. The summed E-state index contributed by atoms with van der Waals surface area (Å²) >= 11 is 6.09. The van der Waals surface area contributed by atoms with E-state index in [0.717, 1.165) is 22.6 Å². The summed E-state index contributed by atoms with van der Waals surface area (Å²) in [5, 5.41) is 4.74. The fourth-order valence-corrected chi connectivity index (χ4v) is 2.79. The summed E-state index contributed by atoms with van der Waals surface area (Å²) in [6, 6.07) is 9.48. The third kappa shape index (κ3) is 3.00. The number of hydrogen-bond donors (Lipinski definition) is 2. The van der Waals surface area contributed by atoms with Crippen molar-refractivity contribution in [1.29, 1.82) is 0 Å². The molecule has 0 spiro atoms. The molecular formula is C17H18ClN5O. The molecule has 4 N–H and O–H groups in total. The summed E-state index contributed by atoms with van der Waals surface area (Å²) in [7, 11) is 1.64. The summed E-state index contributed by atoms with van der Waals surface area (Å²) in [5.74, 6) is 0.805. The van der Waals surface area contributed by atoms with E-state index in [2.05, 4.69) is 10.1 Å². The van der Waals surface area contributed by atoms with Crippen LogP contribution in [0.15, 0.2) is 36.5 Å². The zero-order valence-corrected chi connectivity index (χ0v) is 14.2. The number of nitrogens with zero attached hydrogens (tertiary/aromatic N) is 3. The zero-order valence-electron chi connectivity index (χ0n) is 13.5. The van der Waals surface area contributed by atoms with E-state index >= 15 is 0 Å². The maximum absolute atomic E-state index is 6.18. The molecule has 0 unspecified atom stereocenters. The molecule has 0 bridgehead atoms. The van der Waals surface area contributed by atoms with Crippen LogP contribution >= 0.6 is 11.6 Å². The first kappa shape index (κ1) is 16.1. The highest BCUT2D eigenvalue weighted by Crippen LogP contribution is 2.34. The standard InChI is InChI=1S/C17H18ClN5O/c1-10-16(20)13(7-15(18)22-10)17-14(19)8-21-23(17)9-11-3-5-12(24-2)6-4-11/h3-8H,9,19-20H2,1-2H3. The largest absolute Gasteiger partial charge is 0.497 e. The van der Waals surface area contributed by atoms with E-state index in [4.69, 9.17) is 27.8 Å². The fourth-order valence-electron chi connectivity index (χ4n) is 2.56. The van der Waals surface area contributed by atoms with Crippen molar-refractivity contribution in [3.63, 3.8) is 0 Å². The first-order chi connectivity index (χ1) is 11.5. The summed E-state index contributed by atoms with van der Waals surface area (Å²) < 4.78 is 6.98. The molecule has 0 atom stereocenters. The van der Waals surface area contributed by atoms with Crippen LogP contribution in [0.2, 0.25) is 5.15 Å². The Hall–Kier alpha value is -2.73. The van der Waals surface area contributed by atoms with Gasteiger partial charge in [0.05, 0.1) is 42.6 Å². The lowest BCUT2D eigenvalue weighted by atomic mass is 10.1. The van der Waals surface area contributed by atoms with E-state index in [9.17, 15) is 0 Å². The molecule has 2 heterocycles. The number of nitrogen functional groups attached to an aromatic ring is 2. The van der Waals surface area contributed by atoms with Gasteiger partial charge in [0.1, 0.15) is 10.9 Å². The van der Waals surface area contributed by atoms with Crippen LogP contribution in [0.5, 0.6) is 5.75 Å². The number of pyridine rings is 1. The molecule has 0 aliphatic heterocycles. The number of aromatic nitrogens is 3. The number of rotatable bonds is 4. The highest BCUT2D eigenvalue weighted by Gasteiger charge is 2.16. The van der Waals surface area contributed by atoms with Gasteiger partial charge in [-0.25, -0.2) is 4.98 Å². The van der Waals surface area contributed by atoms with E-state index < -0.39 is 0 Å². The van der Waals surface area contributed by atoms with Gasteiger partial charge in [0.25, 0.3) is 0 Å². The number of ether oxygens (including phenoxy) is 1. The van der Waals surface area contributed by atoms with Crippen LogP contribution in [0, 0.1) is 6.92 Å². The molecular weight excluding hydrogens is 326 g/mol. The highest BCUT2D eigenvalue weighted by molar-refractivity contribution is 6.29. The van der Waals surface area contributed by atoms with Gasteiger partial charge in [-0.15, -0.1) is 0 Å². The van der Waals surface area contributed by atoms with Gasteiger partial charge in [0, 0.05) is 5.56 Å². The molecule has 0 saturated carbocycles. The van der Waals surface area contributed by atoms with Crippen LogP contribution in [0.25, 0.3) is 11.3 Å². The number of methoxy groups -OCH3 is 1. The molecule has 0 aliphatic rings. The molecule has 1 aromatic carbocycles. The van der Waals surface area contributed by atoms with Crippen molar-refractivity contribution in [2.75, 3.05) is 18.6 Å². The highest BCUT2D eigenvalue weighted by atomic mass is 35.5. The summed E-state index contributed by atoms with van der Waals surface area (Å²) in [6.07, 6.45) is 1.61. The van der Waals surface area contributed by atoms with Crippen LogP contribution in [0.1, 0.15) is 11.3 Å². The average molecular weight is 344 g/mol. The first-order valence-electron chi connectivity index (χ1n) is 7.36. The first-order valence-corrected chi connectivity index (χ1v) is 7.74. The lowest BCUT2D eigenvalue weighted by Crippen LogP contribution is -2.07. The van der Waals surface area contributed by atoms with Crippen molar-refractivity contribution in [3.8, 4) is 17.0 Å². The third-order valence-corrected chi connectivity index (χ3v) is 4.03. The lowest BCUT2D eigenvalue weighted by Gasteiger charge is -2.13. The Morgan fingerprint density at radius 3 is 2.58 bits per heavy atom. The quantitative estimate of drug-likeness (QED) is 0.710. The molecule has 124 valence electrons. The second-order valence-corrected chi connectivity index (χ2v) is 5.83. The minimum absolute atomic E-state index is 0.369. The summed E-state index contributed by atoms with van der Waals surface area (Å²) in [6.45, 7) is 2.36. The Morgan fingerprint density at radius 1 is 1.21 bits per heavy atom. The van der Waals surface area contributed by atoms with Crippen molar-refractivity contribution >= 4 is 23.0 Å². The third-order valence-electron chi connectivity index (χ3n) is 3.83. The molecule has 2 aromatic heterocycles. The summed E-state index contributed by atoms with van der Waals surface area (Å²) in [4.78, 5) is 4.16. The van der Waals surface area contributed by atoms with Crippen molar-refractivity contribution in [3.05, 3.63) is 52.9 Å². The maximum atomic E-state index is 6.18. The van der Waals surface area contributed by atoms with E-state index in [-0.39, 0.29) is 0 Å².